The van der Waals surface area contributed by atoms with Crippen LogP contribution in [0.1, 0.15) is 19.3 Å². The number of nitrogens with one attached hydrogen (secondary N) is 1. The van der Waals surface area contributed by atoms with Crippen LogP contribution in [0.4, 0.5) is 5.69 Å². The highest BCUT2D eigenvalue weighted by molar-refractivity contribution is 5.44. The highest BCUT2D eigenvalue weighted by Crippen LogP contribution is 2.23. The maximum Gasteiger partial charge on any atom is 0.0553 e. The topological polar surface area (TPSA) is 28.2 Å². The minimum absolute atomic E-state index is 0.692. The number of pyridine rings is 1. The Hall–Kier alpha value is -1.09. The summed E-state index contributed by atoms with van der Waals surface area (Å²) in [6, 6.07) is 5.63. The number of aromatic nitrogens is 1. The lowest BCUT2D eigenvalue weighted by atomic mass is 10.1. The van der Waals surface area contributed by atoms with E-state index in [0.717, 1.165) is 12.6 Å². The lowest BCUT2D eigenvalue weighted by Crippen LogP contribution is -2.35. The van der Waals surface area contributed by atoms with Gasteiger partial charge in [-0.05, 0) is 31.4 Å². The maximum absolute atomic E-state index is 4.19. The van der Waals surface area contributed by atoms with Gasteiger partial charge in [-0.3, -0.25) is 4.98 Å². The Kier molecular flexibility index (Phi) is 2.33. The summed E-state index contributed by atoms with van der Waals surface area (Å²) in [5, 5.41) is 3.69. The van der Waals surface area contributed by atoms with Crippen LogP contribution in [-0.4, -0.2) is 30.2 Å². The Morgan fingerprint density at radius 1 is 1.27 bits per heavy atom. The number of hydrogen-bond donors (Lipinski definition) is 1. The molecule has 0 amide bonds. The van der Waals surface area contributed by atoms with Gasteiger partial charge in [0.1, 0.15) is 0 Å². The fourth-order valence-corrected chi connectivity index (χ4v) is 2.72. The summed E-state index contributed by atoms with van der Waals surface area (Å²) in [5.41, 5.74) is 1.27. The van der Waals surface area contributed by atoms with Crippen molar-refractivity contribution in [3.63, 3.8) is 0 Å². The summed E-state index contributed by atoms with van der Waals surface area (Å²) in [5.74, 6) is 0. The molecule has 2 fully saturated rings. The second-order valence-corrected chi connectivity index (χ2v) is 4.58. The lowest BCUT2D eigenvalue weighted by molar-refractivity contribution is 0.563. The van der Waals surface area contributed by atoms with E-state index in [2.05, 4.69) is 21.3 Å². The van der Waals surface area contributed by atoms with Crippen LogP contribution in [0.15, 0.2) is 24.5 Å². The van der Waals surface area contributed by atoms with E-state index in [9.17, 15) is 0 Å². The van der Waals surface area contributed by atoms with Gasteiger partial charge in [-0.25, -0.2) is 0 Å². The van der Waals surface area contributed by atoms with Gasteiger partial charge in [0, 0.05) is 31.4 Å². The fourth-order valence-electron chi connectivity index (χ4n) is 2.72. The van der Waals surface area contributed by atoms with Crippen LogP contribution >= 0.6 is 0 Å². The van der Waals surface area contributed by atoms with Crippen molar-refractivity contribution in [2.75, 3.05) is 18.0 Å². The Bertz CT molecular complexity index is 325. The standard InChI is InChI=1S/C12H17N3/c1-2-12(8-13-6-1)15-7-5-10-3-4-11(9-15)14-10/h1-2,6,8,10-11,14H,3-5,7,9H2. The van der Waals surface area contributed by atoms with E-state index in [1.165, 1.54) is 31.5 Å². The summed E-state index contributed by atoms with van der Waals surface area (Å²) in [6.07, 6.45) is 7.78. The summed E-state index contributed by atoms with van der Waals surface area (Å²) >= 11 is 0. The number of rotatable bonds is 1. The zero-order valence-electron chi connectivity index (χ0n) is 8.89. The number of hydrogen-bond acceptors (Lipinski definition) is 3. The van der Waals surface area contributed by atoms with Crippen LogP contribution in [0.3, 0.4) is 0 Å². The molecule has 1 aromatic heterocycles. The van der Waals surface area contributed by atoms with Gasteiger partial charge in [-0.2, -0.15) is 0 Å². The Morgan fingerprint density at radius 3 is 3.07 bits per heavy atom. The third kappa shape index (κ3) is 1.84. The van der Waals surface area contributed by atoms with Gasteiger partial charge in [0.2, 0.25) is 0 Å². The Balaban J connectivity index is 1.77. The van der Waals surface area contributed by atoms with Crippen molar-refractivity contribution in [2.24, 2.45) is 0 Å². The van der Waals surface area contributed by atoms with Crippen LogP contribution in [0, 0.1) is 0 Å². The van der Waals surface area contributed by atoms with Crippen LogP contribution in [0.5, 0.6) is 0 Å². The zero-order valence-corrected chi connectivity index (χ0v) is 8.89. The predicted molar refractivity (Wildman–Crippen MR) is 61.0 cm³/mol. The molecule has 0 aliphatic carbocycles. The molecule has 2 unspecified atom stereocenters. The minimum Gasteiger partial charge on any atom is -0.369 e. The van der Waals surface area contributed by atoms with E-state index < -0.39 is 0 Å². The van der Waals surface area contributed by atoms with E-state index in [4.69, 9.17) is 0 Å². The molecule has 1 aromatic rings. The maximum atomic E-state index is 4.19. The quantitative estimate of drug-likeness (QED) is 0.748. The van der Waals surface area contributed by atoms with Crippen molar-refractivity contribution in [2.45, 2.75) is 31.3 Å². The molecule has 3 rings (SSSR count). The minimum atomic E-state index is 0.692. The Morgan fingerprint density at radius 2 is 2.20 bits per heavy atom. The molecule has 2 bridgehead atoms. The molecular formula is C12H17N3. The molecule has 0 radical (unpaired) electrons. The highest BCUT2D eigenvalue weighted by Gasteiger charge is 2.29. The summed E-state index contributed by atoms with van der Waals surface area (Å²) in [4.78, 5) is 6.65. The van der Waals surface area contributed by atoms with E-state index >= 15 is 0 Å². The first-order valence-electron chi connectivity index (χ1n) is 5.83. The highest BCUT2D eigenvalue weighted by atomic mass is 15.2. The van der Waals surface area contributed by atoms with Gasteiger partial charge in [0.05, 0.1) is 11.9 Å². The molecular weight excluding hydrogens is 186 g/mol. The molecule has 15 heavy (non-hydrogen) atoms. The van der Waals surface area contributed by atoms with Crippen molar-refractivity contribution in [1.29, 1.82) is 0 Å². The van der Waals surface area contributed by atoms with Gasteiger partial charge in [0.25, 0.3) is 0 Å². The molecule has 0 saturated carbocycles. The van der Waals surface area contributed by atoms with Gasteiger partial charge in [0.15, 0.2) is 0 Å². The molecule has 3 heterocycles. The molecule has 3 heteroatoms. The zero-order chi connectivity index (χ0) is 10.1. The molecule has 1 N–H and O–H groups in total. The van der Waals surface area contributed by atoms with Crippen LogP contribution in [0.25, 0.3) is 0 Å². The number of fused-ring (bicyclic) bond motifs is 2. The molecule has 2 atom stereocenters. The molecule has 0 spiro atoms. The monoisotopic (exact) mass is 203 g/mol. The fraction of sp³-hybridized carbons (Fsp3) is 0.583. The van der Waals surface area contributed by atoms with Crippen molar-refractivity contribution in [1.82, 2.24) is 10.3 Å². The van der Waals surface area contributed by atoms with Crippen molar-refractivity contribution >= 4 is 5.69 Å². The first-order valence-corrected chi connectivity index (χ1v) is 5.83. The largest absolute Gasteiger partial charge is 0.369 e. The number of nitrogens with zero attached hydrogens (tertiary/aromatic N) is 2. The summed E-state index contributed by atoms with van der Waals surface area (Å²) < 4.78 is 0. The SMILES string of the molecule is c1cncc(N2CCC3CCC(C2)N3)c1. The van der Waals surface area contributed by atoms with Crippen LogP contribution < -0.4 is 10.2 Å². The van der Waals surface area contributed by atoms with E-state index in [1.54, 1.807) is 0 Å². The summed E-state index contributed by atoms with van der Waals surface area (Å²) in [6.45, 7) is 2.31. The first kappa shape index (κ1) is 9.16. The lowest BCUT2D eigenvalue weighted by Gasteiger charge is -2.25. The molecule has 2 aliphatic heterocycles. The molecule has 3 nitrogen and oxygen atoms in total. The van der Waals surface area contributed by atoms with Crippen LogP contribution in [0.2, 0.25) is 0 Å². The van der Waals surface area contributed by atoms with Gasteiger partial charge in [-0.1, -0.05) is 0 Å². The normalized spacial score (nSPS) is 30.3. The second-order valence-electron chi connectivity index (χ2n) is 4.58. The third-order valence-corrected chi connectivity index (χ3v) is 3.53. The van der Waals surface area contributed by atoms with Gasteiger partial charge in [-0.15, -0.1) is 0 Å². The third-order valence-electron chi connectivity index (χ3n) is 3.53. The second kappa shape index (κ2) is 3.81. The van der Waals surface area contributed by atoms with Gasteiger partial charge < -0.3 is 10.2 Å². The molecule has 80 valence electrons. The predicted octanol–water partition coefficient (Wildman–Crippen LogP) is 1.41. The average Bonchev–Trinajstić information content (AvgIpc) is 2.60. The van der Waals surface area contributed by atoms with Gasteiger partial charge >= 0.3 is 0 Å². The Labute approximate surface area is 90.5 Å². The smallest absolute Gasteiger partial charge is 0.0553 e. The van der Waals surface area contributed by atoms with Crippen LogP contribution in [-0.2, 0) is 0 Å². The van der Waals surface area contributed by atoms with E-state index in [-0.39, 0.29) is 0 Å². The molecule has 2 saturated heterocycles. The summed E-state index contributed by atoms with van der Waals surface area (Å²) in [7, 11) is 0. The van der Waals surface area contributed by atoms with Crippen molar-refractivity contribution in [3.05, 3.63) is 24.5 Å². The van der Waals surface area contributed by atoms with Crippen molar-refractivity contribution in [3.8, 4) is 0 Å². The molecule has 2 aliphatic rings. The van der Waals surface area contributed by atoms with E-state index in [0.29, 0.717) is 6.04 Å². The first-order chi connectivity index (χ1) is 7.42. The average molecular weight is 203 g/mol. The molecule has 0 aromatic carbocycles. The van der Waals surface area contributed by atoms with Crippen molar-refractivity contribution < 1.29 is 0 Å². The number of anilines is 1. The van der Waals surface area contributed by atoms with E-state index in [1.807, 2.05) is 18.5 Å².